The summed E-state index contributed by atoms with van der Waals surface area (Å²) in [4.78, 5) is 28.0. The van der Waals surface area contributed by atoms with Crippen molar-refractivity contribution in [1.29, 1.82) is 0 Å². The quantitative estimate of drug-likeness (QED) is 0.410. The first-order chi connectivity index (χ1) is 17.1. The molecule has 0 unspecified atom stereocenters. The fraction of sp³-hybridized carbons (Fsp3) is 0.481. The SMILES string of the molecule is CCCNC(=O)[C@@H](CC)N(Cc1cccc(OC)c1)C(=O)CCCN(c1ccccc1C)S(C)(=O)=O. The highest BCUT2D eigenvalue weighted by molar-refractivity contribution is 7.92. The average Bonchev–Trinajstić information content (AvgIpc) is 2.85. The summed E-state index contributed by atoms with van der Waals surface area (Å²) in [5.74, 6) is 0.285. The lowest BCUT2D eigenvalue weighted by atomic mass is 10.1. The molecule has 0 heterocycles. The molecule has 0 saturated carbocycles. The number of carbonyl (C=O) groups excluding carboxylic acids is 2. The summed E-state index contributed by atoms with van der Waals surface area (Å²) in [5, 5.41) is 2.90. The molecular weight excluding hydrogens is 478 g/mol. The number of hydrogen-bond donors (Lipinski definition) is 1. The van der Waals surface area contributed by atoms with Crippen LogP contribution in [0.1, 0.15) is 50.7 Å². The second kappa shape index (κ2) is 13.9. The van der Waals surface area contributed by atoms with Gasteiger partial charge >= 0.3 is 0 Å². The van der Waals surface area contributed by atoms with Gasteiger partial charge in [-0.3, -0.25) is 13.9 Å². The summed E-state index contributed by atoms with van der Waals surface area (Å²) >= 11 is 0. The van der Waals surface area contributed by atoms with E-state index in [1.165, 1.54) is 10.6 Å². The summed E-state index contributed by atoms with van der Waals surface area (Å²) < 4.78 is 31.7. The molecule has 2 aromatic rings. The van der Waals surface area contributed by atoms with Crippen molar-refractivity contribution in [3.63, 3.8) is 0 Å². The van der Waals surface area contributed by atoms with E-state index in [1.807, 2.05) is 57.2 Å². The third kappa shape index (κ3) is 8.26. The van der Waals surface area contributed by atoms with Gasteiger partial charge in [-0.15, -0.1) is 0 Å². The Kier molecular flexibility index (Phi) is 11.2. The molecule has 0 aliphatic carbocycles. The lowest BCUT2D eigenvalue weighted by Gasteiger charge is -2.31. The molecule has 0 bridgehead atoms. The van der Waals surface area contributed by atoms with Gasteiger partial charge in [0.15, 0.2) is 0 Å². The van der Waals surface area contributed by atoms with E-state index in [0.717, 1.165) is 17.5 Å². The minimum atomic E-state index is -3.53. The number of methoxy groups -OCH3 is 1. The van der Waals surface area contributed by atoms with Gasteiger partial charge in [0.25, 0.3) is 0 Å². The van der Waals surface area contributed by atoms with Gasteiger partial charge in [0.2, 0.25) is 21.8 Å². The molecule has 0 radical (unpaired) electrons. The Bertz CT molecular complexity index is 1120. The van der Waals surface area contributed by atoms with Gasteiger partial charge in [0.05, 0.1) is 19.1 Å². The van der Waals surface area contributed by atoms with Crippen molar-refractivity contribution < 1.29 is 22.7 Å². The molecule has 198 valence electrons. The van der Waals surface area contributed by atoms with Crippen molar-refractivity contribution in [2.45, 2.75) is 59.0 Å². The molecule has 36 heavy (non-hydrogen) atoms. The van der Waals surface area contributed by atoms with E-state index in [-0.39, 0.29) is 31.3 Å². The van der Waals surface area contributed by atoms with Gasteiger partial charge in [-0.25, -0.2) is 8.42 Å². The van der Waals surface area contributed by atoms with Crippen LogP contribution in [0.3, 0.4) is 0 Å². The van der Waals surface area contributed by atoms with Gasteiger partial charge in [-0.1, -0.05) is 44.2 Å². The maximum Gasteiger partial charge on any atom is 0.242 e. The summed E-state index contributed by atoms with van der Waals surface area (Å²) in [6.45, 7) is 6.67. The standard InChI is InChI=1S/C27H39N3O5S/c1-6-17-28-27(32)24(7-2)29(20-22-13-10-14-23(19-22)35-4)26(31)16-11-18-30(36(5,33)34)25-15-9-8-12-21(25)3/h8-10,12-15,19,24H,6-7,11,16-18,20H2,1-5H3,(H,28,32)/t24-/m1/s1. The van der Waals surface area contributed by atoms with E-state index in [4.69, 9.17) is 4.74 Å². The Morgan fingerprint density at radius 1 is 1.08 bits per heavy atom. The van der Waals surface area contributed by atoms with Gasteiger partial charge in [0.1, 0.15) is 11.8 Å². The number of hydrogen-bond acceptors (Lipinski definition) is 5. The number of aryl methyl sites for hydroxylation is 1. The summed E-state index contributed by atoms with van der Waals surface area (Å²) in [6, 6.07) is 14.1. The molecule has 2 amide bonds. The fourth-order valence-corrected chi connectivity index (χ4v) is 5.10. The van der Waals surface area contributed by atoms with Crippen molar-refractivity contribution >= 4 is 27.5 Å². The number of sulfonamides is 1. The van der Waals surface area contributed by atoms with Crippen LogP contribution in [-0.2, 0) is 26.2 Å². The van der Waals surface area contributed by atoms with Crippen LogP contribution in [0, 0.1) is 6.92 Å². The Morgan fingerprint density at radius 3 is 2.42 bits per heavy atom. The van der Waals surface area contributed by atoms with E-state index < -0.39 is 16.1 Å². The predicted molar refractivity (Wildman–Crippen MR) is 144 cm³/mol. The van der Waals surface area contributed by atoms with E-state index in [2.05, 4.69) is 5.32 Å². The molecule has 0 aliphatic heterocycles. The van der Waals surface area contributed by atoms with Crippen LogP contribution in [0.4, 0.5) is 5.69 Å². The first kappa shape index (κ1) is 29.2. The number of ether oxygens (including phenoxy) is 1. The molecule has 2 rings (SSSR count). The van der Waals surface area contributed by atoms with E-state index in [1.54, 1.807) is 24.1 Å². The normalized spacial score (nSPS) is 12.0. The summed E-state index contributed by atoms with van der Waals surface area (Å²) in [7, 11) is -1.95. The number of anilines is 1. The fourth-order valence-electron chi connectivity index (χ4n) is 4.08. The smallest absolute Gasteiger partial charge is 0.242 e. The maximum absolute atomic E-state index is 13.5. The third-order valence-corrected chi connectivity index (χ3v) is 7.14. The molecule has 0 spiro atoms. The second-order valence-electron chi connectivity index (χ2n) is 8.81. The molecule has 2 aromatic carbocycles. The Morgan fingerprint density at radius 2 is 1.81 bits per heavy atom. The molecule has 0 saturated heterocycles. The van der Waals surface area contributed by atoms with E-state index in [9.17, 15) is 18.0 Å². The number of benzene rings is 2. The molecule has 0 fully saturated rings. The largest absolute Gasteiger partial charge is 0.497 e. The van der Waals surface area contributed by atoms with Crippen molar-refractivity contribution in [2.24, 2.45) is 0 Å². The highest BCUT2D eigenvalue weighted by Gasteiger charge is 2.29. The van der Waals surface area contributed by atoms with Crippen molar-refractivity contribution in [3.8, 4) is 5.75 Å². The number of nitrogens with zero attached hydrogens (tertiary/aromatic N) is 2. The van der Waals surface area contributed by atoms with Crippen molar-refractivity contribution in [2.75, 3.05) is 30.8 Å². The van der Waals surface area contributed by atoms with Crippen LogP contribution in [0.25, 0.3) is 0 Å². The minimum Gasteiger partial charge on any atom is -0.497 e. The van der Waals surface area contributed by atoms with E-state index >= 15 is 0 Å². The molecular formula is C27H39N3O5S. The Balaban J connectivity index is 2.23. The minimum absolute atomic E-state index is 0.111. The number of rotatable bonds is 14. The Labute approximate surface area is 215 Å². The summed E-state index contributed by atoms with van der Waals surface area (Å²) in [6.07, 6.45) is 2.86. The number of nitrogens with one attached hydrogen (secondary N) is 1. The molecule has 0 aromatic heterocycles. The van der Waals surface area contributed by atoms with Gasteiger partial charge in [-0.05, 0) is 55.5 Å². The second-order valence-corrected chi connectivity index (χ2v) is 10.7. The lowest BCUT2D eigenvalue weighted by Crippen LogP contribution is -2.49. The molecule has 9 heteroatoms. The highest BCUT2D eigenvalue weighted by Crippen LogP contribution is 2.23. The van der Waals surface area contributed by atoms with Crippen molar-refractivity contribution in [3.05, 3.63) is 59.7 Å². The maximum atomic E-state index is 13.5. The predicted octanol–water partition coefficient (Wildman–Crippen LogP) is 3.88. The van der Waals surface area contributed by atoms with Crippen LogP contribution >= 0.6 is 0 Å². The van der Waals surface area contributed by atoms with Crippen LogP contribution in [0.5, 0.6) is 5.75 Å². The number of carbonyl (C=O) groups is 2. The highest BCUT2D eigenvalue weighted by atomic mass is 32.2. The van der Waals surface area contributed by atoms with Crippen LogP contribution in [-0.4, -0.2) is 57.6 Å². The van der Waals surface area contributed by atoms with Gasteiger partial charge in [-0.2, -0.15) is 0 Å². The molecule has 0 aliphatic rings. The number of amides is 2. The average molecular weight is 518 g/mol. The first-order valence-electron chi connectivity index (χ1n) is 12.4. The zero-order valence-electron chi connectivity index (χ0n) is 22.0. The van der Waals surface area contributed by atoms with E-state index in [0.29, 0.717) is 30.8 Å². The molecule has 1 N–H and O–H groups in total. The van der Waals surface area contributed by atoms with Crippen LogP contribution in [0.2, 0.25) is 0 Å². The zero-order chi connectivity index (χ0) is 26.7. The summed E-state index contributed by atoms with van der Waals surface area (Å²) in [5.41, 5.74) is 2.29. The lowest BCUT2D eigenvalue weighted by molar-refractivity contribution is -0.141. The first-order valence-corrected chi connectivity index (χ1v) is 14.2. The Hall–Kier alpha value is -3.07. The molecule has 1 atom stereocenters. The van der Waals surface area contributed by atoms with Crippen LogP contribution < -0.4 is 14.4 Å². The number of para-hydroxylation sites is 1. The zero-order valence-corrected chi connectivity index (χ0v) is 22.8. The van der Waals surface area contributed by atoms with Gasteiger partial charge in [0, 0.05) is 26.1 Å². The third-order valence-electron chi connectivity index (χ3n) is 5.96. The molecule has 8 nitrogen and oxygen atoms in total. The van der Waals surface area contributed by atoms with Crippen molar-refractivity contribution in [1.82, 2.24) is 10.2 Å². The van der Waals surface area contributed by atoms with Gasteiger partial charge < -0.3 is 15.0 Å². The topological polar surface area (TPSA) is 96.0 Å². The van der Waals surface area contributed by atoms with Crippen LogP contribution in [0.15, 0.2) is 48.5 Å². The monoisotopic (exact) mass is 517 g/mol.